The Morgan fingerprint density at radius 1 is 0.958 bits per heavy atom. The van der Waals surface area contributed by atoms with Crippen molar-refractivity contribution in [2.45, 2.75) is 23.8 Å². The van der Waals surface area contributed by atoms with Gasteiger partial charge in [-0.1, -0.05) is 48.5 Å². The highest BCUT2D eigenvalue weighted by atomic mass is 32.2. The van der Waals surface area contributed by atoms with Crippen LogP contribution >= 0.6 is 11.8 Å². The molecular weight excluding hydrogens is 338 g/mol. The van der Waals surface area contributed by atoms with Gasteiger partial charge in [0.1, 0.15) is 0 Å². The summed E-state index contributed by atoms with van der Waals surface area (Å²) < 4.78 is 28.7. The predicted octanol–water partition coefficient (Wildman–Crippen LogP) is 3.87. The molecule has 126 valence electrons. The minimum absolute atomic E-state index is 0.164. The van der Waals surface area contributed by atoms with Gasteiger partial charge in [0.05, 0.1) is 4.90 Å². The third-order valence-corrected chi connectivity index (χ3v) is 7.87. The Morgan fingerprint density at radius 2 is 1.67 bits per heavy atom. The van der Waals surface area contributed by atoms with Gasteiger partial charge in [0.2, 0.25) is 10.0 Å². The third kappa shape index (κ3) is 3.01. The summed E-state index contributed by atoms with van der Waals surface area (Å²) in [7, 11) is -3.48. The fourth-order valence-corrected chi connectivity index (χ4v) is 6.73. The SMILES string of the molecule is O=S(=O)(c1ccccc1-c1ccccc1)N1CCSCC1C1CC1. The molecule has 0 aromatic heterocycles. The first-order valence-electron chi connectivity index (χ1n) is 8.42. The lowest BCUT2D eigenvalue weighted by atomic mass is 10.1. The largest absolute Gasteiger partial charge is 0.244 e. The topological polar surface area (TPSA) is 37.4 Å². The molecule has 2 fully saturated rings. The summed E-state index contributed by atoms with van der Waals surface area (Å²) in [5.41, 5.74) is 1.75. The van der Waals surface area contributed by atoms with E-state index in [0.29, 0.717) is 17.4 Å². The highest BCUT2D eigenvalue weighted by Gasteiger charge is 2.42. The summed E-state index contributed by atoms with van der Waals surface area (Å²) >= 11 is 1.88. The van der Waals surface area contributed by atoms with Crippen molar-refractivity contribution in [3.8, 4) is 11.1 Å². The van der Waals surface area contributed by atoms with E-state index in [-0.39, 0.29) is 6.04 Å². The van der Waals surface area contributed by atoms with E-state index in [9.17, 15) is 8.42 Å². The second-order valence-electron chi connectivity index (χ2n) is 6.46. The second kappa shape index (κ2) is 6.54. The smallest absolute Gasteiger partial charge is 0.207 e. The molecule has 1 unspecified atom stereocenters. The van der Waals surface area contributed by atoms with Crippen molar-refractivity contribution >= 4 is 21.8 Å². The molecule has 2 aliphatic rings. The summed E-state index contributed by atoms with van der Waals surface area (Å²) in [5, 5.41) is 0. The van der Waals surface area contributed by atoms with Crippen LogP contribution in [-0.4, -0.2) is 36.8 Å². The van der Waals surface area contributed by atoms with Gasteiger partial charge < -0.3 is 0 Å². The molecule has 1 atom stereocenters. The Hall–Kier alpha value is -1.30. The van der Waals surface area contributed by atoms with E-state index in [0.717, 1.165) is 35.5 Å². The van der Waals surface area contributed by atoms with Crippen molar-refractivity contribution < 1.29 is 8.42 Å². The predicted molar refractivity (Wildman–Crippen MR) is 99.6 cm³/mol. The van der Waals surface area contributed by atoms with Crippen molar-refractivity contribution in [3.63, 3.8) is 0 Å². The van der Waals surface area contributed by atoms with Crippen molar-refractivity contribution in [1.82, 2.24) is 4.31 Å². The molecule has 3 nitrogen and oxygen atoms in total. The lowest BCUT2D eigenvalue weighted by Crippen LogP contribution is -2.47. The average molecular weight is 360 g/mol. The lowest BCUT2D eigenvalue weighted by molar-refractivity contribution is 0.320. The summed E-state index contributed by atoms with van der Waals surface area (Å²) in [5.74, 6) is 2.37. The van der Waals surface area contributed by atoms with Crippen LogP contribution in [0.5, 0.6) is 0 Å². The van der Waals surface area contributed by atoms with Gasteiger partial charge in [-0.15, -0.1) is 0 Å². The zero-order valence-corrected chi connectivity index (χ0v) is 15.1. The molecule has 1 saturated heterocycles. The van der Waals surface area contributed by atoms with Crippen LogP contribution < -0.4 is 0 Å². The van der Waals surface area contributed by atoms with Gasteiger partial charge in [0, 0.05) is 29.7 Å². The molecule has 1 heterocycles. The standard InChI is InChI=1S/C19H21NO2S2/c21-24(22,20-12-13-23-14-18(20)16-10-11-16)19-9-5-4-8-17(19)15-6-2-1-3-7-15/h1-9,16,18H,10-14H2. The highest BCUT2D eigenvalue weighted by molar-refractivity contribution is 7.99. The molecule has 0 bridgehead atoms. The number of hydrogen-bond donors (Lipinski definition) is 0. The van der Waals surface area contributed by atoms with Crippen molar-refractivity contribution in [1.29, 1.82) is 0 Å². The van der Waals surface area contributed by atoms with Gasteiger partial charge in [-0.25, -0.2) is 8.42 Å². The summed E-state index contributed by atoms with van der Waals surface area (Å²) in [6.45, 7) is 0.622. The van der Waals surface area contributed by atoms with Gasteiger partial charge in [-0.05, 0) is 30.4 Å². The van der Waals surface area contributed by atoms with Crippen LogP contribution in [0.1, 0.15) is 12.8 Å². The maximum absolute atomic E-state index is 13.4. The third-order valence-electron chi connectivity index (χ3n) is 4.84. The zero-order valence-electron chi connectivity index (χ0n) is 13.5. The molecule has 2 aromatic rings. The van der Waals surface area contributed by atoms with E-state index in [1.54, 1.807) is 10.4 Å². The van der Waals surface area contributed by atoms with E-state index in [1.165, 1.54) is 0 Å². The Morgan fingerprint density at radius 3 is 2.42 bits per heavy atom. The number of rotatable bonds is 4. The molecule has 1 saturated carbocycles. The summed E-state index contributed by atoms with van der Waals surface area (Å²) in [4.78, 5) is 0.439. The van der Waals surface area contributed by atoms with Crippen molar-refractivity contribution in [3.05, 3.63) is 54.6 Å². The van der Waals surface area contributed by atoms with Crippen molar-refractivity contribution in [2.24, 2.45) is 5.92 Å². The van der Waals surface area contributed by atoms with Gasteiger partial charge in [0.15, 0.2) is 0 Å². The number of thioether (sulfide) groups is 1. The van der Waals surface area contributed by atoms with Gasteiger partial charge in [0.25, 0.3) is 0 Å². The van der Waals surface area contributed by atoms with Crippen LogP contribution in [0.2, 0.25) is 0 Å². The highest BCUT2D eigenvalue weighted by Crippen LogP contribution is 2.41. The first-order chi connectivity index (χ1) is 11.7. The molecule has 0 amide bonds. The fourth-order valence-electron chi connectivity index (χ4n) is 3.43. The number of sulfonamides is 1. The van der Waals surface area contributed by atoms with E-state index in [1.807, 2.05) is 60.3 Å². The first-order valence-corrected chi connectivity index (χ1v) is 11.0. The van der Waals surface area contributed by atoms with Crippen LogP contribution in [-0.2, 0) is 10.0 Å². The normalized spacial score (nSPS) is 22.4. The van der Waals surface area contributed by atoms with Crippen LogP contribution in [0.3, 0.4) is 0 Å². The monoisotopic (exact) mass is 359 g/mol. The maximum atomic E-state index is 13.4. The number of hydrogen-bond acceptors (Lipinski definition) is 3. The Bertz CT molecular complexity index is 816. The summed E-state index contributed by atoms with van der Waals surface area (Å²) in [6.07, 6.45) is 2.33. The second-order valence-corrected chi connectivity index (χ2v) is 9.47. The number of nitrogens with zero attached hydrogens (tertiary/aromatic N) is 1. The Kier molecular flexibility index (Phi) is 4.41. The number of benzene rings is 2. The van der Waals surface area contributed by atoms with Crippen LogP contribution in [0.4, 0.5) is 0 Å². The molecule has 1 aliphatic carbocycles. The van der Waals surface area contributed by atoms with Crippen molar-refractivity contribution in [2.75, 3.05) is 18.1 Å². The fraction of sp³-hybridized carbons (Fsp3) is 0.368. The molecule has 1 aliphatic heterocycles. The van der Waals surface area contributed by atoms with Crippen LogP contribution in [0, 0.1) is 5.92 Å². The molecule has 2 aromatic carbocycles. The quantitative estimate of drug-likeness (QED) is 0.832. The molecular formula is C19H21NO2S2. The molecule has 0 radical (unpaired) electrons. The molecule has 0 N–H and O–H groups in total. The molecule has 24 heavy (non-hydrogen) atoms. The lowest BCUT2D eigenvalue weighted by Gasteiger charge is -2.35. The van der Waals surface area contributed by atoms with Gasteiger partial charge in [-0.3, -0.25) is 0 Å². The van der Waals surface area contributed by atoms with Gasteiger partial charge in [-0.2, -0.15) is 16.1 Å². The Labute approximate surface area is 148 Å². The Balaban J connectivity index is 1.77. The van der Waals surface area contributed by atoms with Crippen LogP contribution in [0.25, 0.3) is 11.1 Å². The minimum atomic E-state index is -3.48. The van der Waals surface area contributed by atoms with E-state index < -0.39 is 10.0 Å². The maximum Gasteiger partial charge on any atom is 0.244 e. The van der Waals surface area contributed by atoms with E-state index >= 15 is 0 Å². The van der Waals surface area contributed by atoms with E-state index in [2.05, 4.69) is 0 Å². The first kappa shape index (κ1) is 16.2. The zero-order chi connectivity index (χ0) is 16.6. The average Bonchev–Trinajstić information content (AvgIpc) is 3.48. The molecule has 0 spiro atoms. The van der Waals surface area contributed by atoms with Crippen LogP contribution in [0.15, 0.2) is 59.5 Å². The molecule has 4 rings (SSSR count). The summed E-state index contributed by atoms with van der Waals surface area (Å²) in [6, 6.07) is 17.3. The van der Waals surface area contributed by atoms with E-state index in [4.69, 9.17) is 0 Å². The minimum Gasteiger partial charge on any atom is -0.207 e. The molecule has 5 heteroatoms. The van der Waals surface area contributed by atoms with Gasteiger partial charge >= 0.3 is 0 Å².